The first-order valence-electron chi connectivity index (χ1n) is 5.74. The molecule has 0 aliphatic heterocycles. The Hall–Kier alpha value is -0.780. The van der Waals surface area contributed by atoms with Crippen molar-refractivity contribution in [1.29, 1.82) is 0 Å². The molecule has 0 aromatic carbocycles. The van der Waals surface area contributed by atoms with Crippen LogP contribution in [-0.4, -0.2) is 25.0 Å². The van der Waals surface area contributed by atoms with Crippen LogP contribution in [0.3, 0.4) is 0 Å². The van der Waals surface area contributed by atoms with E-state index < -0.39 is 12.0 Å². The fraction of sp³-hybridized carbons (Fsp3) is 0.500. The van der Waals surface area contributed by atoms with E-state index in [4.69, 9.17) is 27.9 Å². The molecule has 1 aromatic heterocycles. The van der Waals surface area contributed by atoms with Crippen molar-refractivity contribution in [3.05, 3.63) is 20.3 Å². The third-order valence-corrected chi connectivity index (χ3v) is 4.69. The van der Waals surface area contributed by atoms with E-state index in [9.17, 15) is 9.59 Å². The number of halogens is 2. The third-order valence-electron chi connectivity index (χ3n) is 2.82. The van der Waals surface area contributed by atoms with Crippen molar-refractivity contribution in [2.75, 3.05) is 7.11 Å². The van der Waals surface area contributed by atoms with Crippen molar-refractivity contribution >= 4 is 46.4 Å². The first-order valence-corrected chi connectivity index (χ1v) is 7.31. The third kappa shape index (κ3) is 4.09. The fourth-order valence-corrected chi connectivity index (χ4v) is 2.74. The van der Waals surface area contributed by atoms with Crippen LogP contribution in [0, 0.1) is 5.92 Å². The zero-order valence-corrected chi connectivity index (χ0v) is 13.2. The van der Waals surface area contributed by atoms with Crippen LogP contribution < -0.4 is 5.32 Å². The minimum Gasteiger partial charge on any atom is -0.467 e. The van der Waals surface area contributed by atoms with Gasteiger partial charge in [0.1, 0.15) is 10.4 Å². The van der Waals surface area contributed by atoms with E-state index in [1.807, 2.05) is 13.8 Å². The Balaban J connectivity index is 2.84. The number of rotatable bonds is 5. The number of nitrogens with one attached hydrogen (secondary N) is 1. The number of esters is 1. The Morgan fingerprint density at radius 2 is 2.11 bits per heavy atom. The maximum Gasteiger partial charge on any atom is 0.328 e. The summed E-state index contributed by atoms with van der Waals surface area (Å²) in [5.74, 6) is -0.867. The predicted molar refractivity (Wildman–Crippen MR) is 77.1 cm³/mol. The van der Waals surface area contributed by atoms with Gasteiger partial charge in [-0.15, -0.1) is 11.3 Å². The molecule has 1 heterocycles. The zero-order chi connectivity index (χ0) is 14.6. The van der Waals surface area contributed by atoms with Gasteiger partial charge < -0.3 is 10.1 Å². The lowest BCUT2D eigenvalue weighted by Gasteiger charge is -2.21. The van der Waals surface area contributed by atoms with Crippen LogP contribution >= 0.6 is 34.5 Å². The van der Waals surface area contributed by atoms with Crippen LogP contribution in [0.5, 0.6) is 0 Å². The van der Waals surface area contributed by atoms with E-state index >= 15 is 0 Å². The molecule has 7 heteroatoms. The molecule has 4 nitrogen and oxygen atoms in total. The fourth-order valence-electron chi connectivity index (χ4n) is 1.47. The molecule has 1 aromatic rings. The standard InChI is InChI=1S/C12H15Cl2NO3S/c1-4-6(2)9(12(17)18-3)15-11(16)8-5-7(13)10(14)19-8/h5-6,9H,4H2,1-3H3,(H,15,16)/t6-,9-/m0/s1. The number of ether oxygens (including phenoxy) is 1. The van der Waals surface area contributed by atoms with Crippen molar-refractivity contribution in [3.63, 3.8) is 0 Å². The van der Waals surface area contributed by atoms with Gasteiger partial charge in [-0.05, 0) is 12.0 Å². The lowest BCUT2D eigenvalue weighted by molar-refractivity contribution is -0.144. The maximum absolute atomic E-state index is 12.0. The van der Waals surface area contributed by atoms with Gasteiger partial charge in [0, 0.05) is 0 Å². The number of amides is 1. The Kier molecular flexibility index (Phi) is 6.10. The van der Waals surface area contributed by atoms with Gasteiger partial charge in [-0.3, -0.25) is 4.79 Å². The summed E-state index contributed by atoms with van der Waals surface area (Å²) in [6.07, 6.45) is 0.742. The Labute approximate surface area is 126 Å². The summed E-state index contributed by atoms with van der Waals surface area (Å²) < 4.78 is 5.05. The van der Waals surface area contributed by atoms with Gasteiger partial charge in [0.05, 0.1) is 17.0 Å². The molecule has 0 saturated heterocycles. The summed E-state index contributed by atoms with van der Waals surface area (Å²) in [4.78, 5) is 24.1. The minimum absolute atomic E-state index is 0.0256. The molecule has 2 atom stereocenters. The van der Waals surface area contributed by atoms with Crippen molar-refractivity contribution in [1.82, 2.24) is 5.32 Å². The van der Waals surface area contributed by atoms with Crippen molar-refractivity contribution in [3.8, 4) is 0 Å². The first kappa shape index (κ1) is 16.3. The second-order valence-electron chi connectivity index (χ2n) is 4.09. The Bertz CT molecular complexity index is 456. The molecule has 0 unspecified atom stereocenters. The number of methoxy groups -OCH3 is 1. The van der Waals surface area contributed by atoms with Gasteiger partial charge in [-0.1, -0.05) is 43.5 Å². The van der Waals surface area contributed by atoms with Gasteiger partial charge in [-0.2, -0.15) is 0 Å². The van der Waals surface area contributed by atoms with Gasteiger partial charge in [0.2, 0.25) is 0 Å². The summed E-state index contributed by atoms with van der Waals surface area (Å²) in [6, 6.07) is 0.802. The summed E-state index contributed by atoms with van der Waals surface area (Å²) >= 11 is 12.7. The Morgan fingerprint density at radius 1 is 1.47 bits per heavy atom. The molecule has 0 bridgehead atoms. The van der Waals surface area contributed by atoms with E-state index in [1.165, 1.54) is 13.2 Å². The average Bonchev–Trinajstić information content (AvgIpc) is 2.74. The van der Waals surface area contributed by atoms with E-state index in [0.717, 1.165) is 17.8 Å². The summed E-state index contributed by atoms with van der Waals surface area (Å²) in [5, 5.41) is 2.98. The molecule has 0 fully saturated rings. The summed E-state index contributed by atoms with van der Waals surface area (Å²) in [7, 11) is 1.29. The topological polar surface area (TPSA) is 55.4 Å². The molecule has 0 aliphatic rings. The van der Waals surface area contributed by atoms with E-state index in [-0.39, 0.29) is 11.8 Å². The van der Waals surface area contributed by atoms with E-state index in [0.29, 0.717) is 14.2 Å². The summed E-state index contributed by atoms with van der Waals surface area (Å²) in [5.41, 5.74) is 0. The van der Waals surface area contributed by atoms with Crippen LogP contribution in [-0.2, 0) is 9.53 Å². The molecule has 0 spiro atoms. The lowest BCUT2D eigenvalue weighted by Crippen LogP contribution is -2.45. The highest BCUT2D eigenvalue weighted by Gasteiger charge is 2.27. The SMILES string of the molecule is CC[C@H](C)[C@H](NC(=O)c1cc(Cl)c(Cl)s1)C(=O)OC. The molecular weight excluding hydrogens is 309 g/mol. The molecule has 0 saturated carbocycles. The molecular formula is C12H15Cl2NO3S. The van der Waals surface area contributed by atoms with Crippen molar-refractivity contribution in [2.24, 2.45) is 5.92 Å². The van der Waals surface area contributed by atoms with Crippen LogP contribution in [0.25, 0.3) is 0 Å². The number of thiophene rings is 1. The van der Waals surface area contributed by atoms with Crippen molar-refractivity contribution < 1.29 is 14.3 Å². The van der Waals surface area contributed by atoms with Gasteiger partial charge in [-0.25, -0.2) is 4.79 Å². The van der Waals surface area contributed by atoms with Crippen LogP contribution in [0.2, 0.25) is 9.36 Å². The number of carbonyl (C=O) groups excluding carboxylic acids is 2. The molecule has 0 radical (unpaired) electrons. The van der Waals surface area contributed by atoms with Crippen molar-refractivity contribution in [2.45, 2.75) is 26.3 Å². The lowest BCUT2D eigenvalue weighted by atomic mass is 9.99. The monoisotopic (exact) mass is 323 g/mol. The second kappa shape index (κ2) is 7.12. The molecule has 1 rings (SSSR count). The number of hydrogen-bond donors (Lipinski definition) is 1. The van der Waals surface area contributed by atoms with Gasteiger partial charge in [0.25, 0.3) is 5.91 Å². The van der Waals surface area contributed by atoms with E-state index in [2.05, 4.69) is 5.32 Å². The van der Waals surface area contributed by atoms with Crippen LogP contribution in [0.4, 0.5) is 0 Å². The van der Waals surface area contributed by atoms with Gasteiger partial charge in [0.15, 0.2) is 0 Å². The molecule has 106 valence electrons. The number of carbonyl (C=O) groups is 2. The highest BCUT2D eigenvalue weighted by Crippen LogP contribution is 2.31. The first-order chi connectivity index (χ1) is 8.90. The minimum atomic E-state index is -0.679. The smallest absolute Gasteiger partial charge is 0.328 e. The molecule has 0 aliphatic carbocycles. The maximum atomic E-state index is 12.0. The second-order valence-corrected chi connectivity index (χ2v) is 6.15. The Morgan fingerprint density at radius 3 is 2.53 bits per heavy atom. The highest BCUT2D eigenvalue weighted by molar-refractivity contribution is 7.18. The zero-order valence-electron chi connectivity index (χ0n) is 10.8. The molecule has 1 N–H and O–H groups in total. The largest absolute Gasteiger partial charge is 0.467 e. The number of hydrogen-bond acceptors (Lipinski definition) is 4. The van der Waals surface area contributed by atoms with Gasteiger partial charge >= 0.3 is 5.97 Å². The van der Waals surface area contributed by atoms with Crippen LogP contribution in [0.15, 0.2) is 6.07 Å². The molecule has 1 amide bonds. The highest BCUT2D eigenvalue weighted by atomic mass is 35.5. The summed E-state index contributed by atoms with van der Waals surface area (Å²) in [6.45, 7) is 3.81. The quantitative estimate of drug-likeness (QED) is 0.845. The average molecular weight is 324 g/mol. The normalized spacial score (nSPS) is 13.7. The van der Waals surface area contributed by atoms with Crippen LogP contribution in [0.1, 0.15) is 29.9 Å². The molecule has 19 heavy (non-hydrogen) atoms. The van der Waals surface area contributed by atoms with E-state index in [1.54, 1.807) is 0 Å². The predicted octanol–water partition coefficient (Wildman–Crippen LogP) is 3.37.